The zero-order valence-electron chi connectivity index (χ0n) is 11.7. The molecule has 0 spiro atoms. The van der Waals surface area contributed by atoms with E-state index < -0.39 is 12.0 Å². The highest BCUT2D eigenvalue weighted by atomic mass is 16.5. The molecule has 7 nitrogen and oxygen atoms in total. The fourth-order valence-corrected chi connectivity index (χ4v) is 2.00. The molecule has 0 bridgehead atoms. The van der Waals surface area contributed by atoms with Gasteiger partial charge in [-0.25, -0.2) is 9.59 Å². The average Bonchev–Trinajstić information content (AvgIpc) is 2.48. The minimum atomic E-state index is -1.12. The summed E-state index contributed by atoms with van der Waals surface area (Å²) < 4.78 is 5.00. The molecule has 2 amide bonds. The lowest BCUT2D eigenvalue weighted by Crippen LogP contribution is -2.19. The van der Waals surface area contributed by atoms with Crippen molar-refractivity contribution in [1.82, 2.24) is 0 Å². The van der Waals surface area contributed by atoms with Crippen molar-refractivity contribution in [3.05, 3.63) is 42.0 Å². The number of carboxylic acid groups (broad SMARTS) is 1. The minimum absolute atomic E-state index is 0.0116. The summed E-state index contributed by atoms with van der Waals surface area (Å²) in [5.74, 6) is -1.02. The normalized spacial score (nSPS) is 10.0. The zero-order valence-corrected chi connectivity index (χ0v) is 11.7. The Morgan fingerprint density at radius 3 is 2.36 bits per heavy atom. The summed E-state index contributed by atoms with van der Waals surface area (Å²) in [5.41, 5.74) is 6.37. The van der Waals surface area contributed by atoms with Crippen LogP contribution < -0.4 is 15.8 Å². The Morgan fingerprint density at radius 1 is 1.14 bits per heavy atom. The van der Waals surface area contributed by atoms with Crippen LogP contribution >= 0.6 is 0 Å². The number of methoxy groups -OCH3 is 1. The maximum atomic E-state index is 11.2. The summed E-state index contributed by atoms with van der Waals surface area (Å²) in [7, 11) is 1.39. The summed E-state index contributed by atoms with van der Waals surface area (Å²) >= 11 is 0. The predicted molar refractivity (Wildman–Crippen MR) is 80.3 cm³/mol. The Morgan fingerprint density at radius 2 is 1.77 bits per heavy atom. The minimum Gasteiger partial charge on any atom is -0.506 e. The molecule has 5 N–H and O–H groups in total. The third-order valence-corrected chi connectivity index (χ3v) is 3.02. The number of carbonyl (C=O) groups is 2. The number of phenolic OH excluding ortho intramolecular Hbond substituents is 1. The molecular formula is C15H14N2O5. The number of hydrogen-bond donors (Lipinski definition) is 4. The van der Waals surface area contributed by atoms with E-state index in [1.165, 1.54) is 31.4 Å². The van der Waals surface area contributed by atoms with Crippen molar-refractivity contribution in [2.45, 2.75) is 0 Å². The molecular weight excluding hydrogens is 288 g/mol. The van der Waals surface area contributed by atoms with E-state index in [1.54, 1.807) is 12.1 Å². The Balaban J connectivity index is 2.50. The van der Waals surface area contributed by atoms with Crippen molar-refractivity contribution in [3.63, 3.8) is 0 Å². The van der Waals surface area contributed by atoms with Crippen LogP contribution in [0.15, 0.2) is 36.4 Å². The summed E-state index contributed by atoms with van der Waals surface area (Å²) in [6.45, 7) is 0. The summed E-state index contributed by atoms with van der Waals surface area (Å²) in [6.07, 6.45) is 0. The first-order valence-electron chi connectivity index (χ1n) is 6.23. The number of carbonyl (C=O) groups excluding carboxylic acids is 1. The molecule has 0 unspecified atom stereocenters. The van der Waals surface area contributed by atoms with Gasteiger partial charge in [-0.3, -0.25) is 0 Å². The van der Waals surface area contributed by atoms with Crippen molar-refractivity contribution in [1.29, 1.82) is 0 Å². The van der Waals surface area contributed by atoms with Gasteiger partial charge in [-0.1, -0.05) is 12.1 Å². The number of benzene rings is 2. The van der Waals surface area contributed by atoms with E-state index >= 15 is 0 Å². The molecule has 0 aliphatic heterocycles. The van der Waals surface area contributed by atoms with Gasteiger partial charge < -0.3 is 26.0 Å². The molecule has 2 rings (SSSR count). The quantitative estimate of drug-likeness (QED) is 0.645. The lowest BCUT2D eigenvalue weighted by molar-refractivity contribution is 0.0693. The molecule has 0 aliphatic rings. The molecule has 0 saturated carbocycles. The number of hydrogen-bond acceptors (Lipinski definition) is 4. The number of ether oxygens (including phenoxy) is 1. The number of aromatic hydroxyl groups is 1. The Kier molecular flexibility index (Phi) is 4.17. The van der Waals surface area contributed by atoms with Crippen LogP contribution in [0.4, 0.5) is 10.5 Å². The van der Waals surface area contributed by atoms with Gasteiger partial charge in [-0.05, 0) is 35.4 Å². The number of aromatic carboxylic acids is 1. The molecule has 0 saturated heterocycles. The molecule has 0 fully saturated rings. The highest BCUT2D eigenvalue weighted by Crippen LogP contribution is 2.32. The van der Waals surface area contributed by atoms with Crippen molar-refractivity contribution in [2.24, 2.45) is 5.73 Å². The first-order valence-corrected chi connectivity index (χ1v) is 6.23. The Hall–Kier alpha value is -3.22. The number of phenols is 1. The fraction of sp³-hybridized carbons (Fsp3) is 0.0667. The molecule has 0 radical (unpaired) electrons. The van der Waals surface area contributed by atoms with Crippen molar-refractivity contribution in [3.8, 4) is 22.6 Å². The molecule has 0 atom stereocenters. The maximum Gasteiger partial charge on any atom is 0.339 e. The van der Waals surface area contributed by atoms with Crippen LogP contribution in [0.2, 0.25) is 0 Å². The molecule has 22 heavy (non-hydrogen) atoms. The smallest absolute Gasteiger partial charge is 0.339 e. The predicted octanol–water partition coefficient (Wildman–Crippen LogP) is 2.26. The highest BCUT2D eigenvalue weighted by Gasteiger charge is 2.13. The third-order valence-electron chi connectivity index (χ3n) is 3.02. The van der Waals surface area contributed by atoms with Crippen LogP contribution in [0, 0.1) is 0 Å². The Bertz CT molecular complexity index is 743. The van der Waals surface area contributed by atoms with E-state index in [-0.39, 0.29) is 22.7 Å². The van der Waals surface area contributed by atoms with Gasteiger partial charge in [0.1, 0.15) is 17.1 Å². The second-order valence-electron chi connectivity index (χ2n) is 4.44. The number of nitrogens with two attached hydrogens (primary N) is 1. The van der Waals surface area contributed by atoms with E-state index in [2.05, 4.69) is 5.32 Å². The molecule has 0 aromatic heterocycles. The second-order valence-corrected chi connectivity index (χ2v) is 4.44. The van der Waals surface area contributed by atoms with Gasteiger partial charge in [0.25, 0.3) is 0 Å². The van der Waals surface area contributed by atoms with Crippen LogP contribution in [0.3, 0.4) is 0 Å². The van der Waals surface area contributed by atoms with Gasteiger partial charge in [0.05, 0.1) is 12.8 Å². The van der Waals surface area contributed by atoms with E-state index in [0.717, 1.165) is 0 Å². The fourth-order valence-electron chi connectivity index (χ4n) is 2.00. The first-order chi connectivity index (χ1) is 10.4. The molecule has 114 valence electrons. The molecule has 2 aromatic carbocycles. The number of urea groups is 1. The number of carboxylic acids is 1. The monoisotopic (exact) mass is 302 g/mol. The van der Waals surface area contributed by atoms with E-state index in [4.69, 9.17) is 10.5 Å². The first kappa shape index (κ1) is 15.2. The van der Waals surface area contributed by atoms with Crippen LogP contribution in [-0.2, 0) is 0 Å². The van der Waals surface area contributed by atoms with E-state index in [9.17, 15) is 19.8 Å². The lowest BCUT2D eigenvalue weighted by Gasteiger charge is -2.10. The van der Waals surface area contributed by atoms with Gasteiger partial charge in [-0.15, -0.1) is 0 Å². The number of primary amides is 1. The van der Waals surface area contributed by atoms with Crippen LogP contribution in [0.25, 0.3) is 11.1 Å². The van der Waals surface area contributed by atoms with Crippen molar-refractivity contribution >= 4 is 17.7 Å². The molecule has 7 heteroatoms. The van der Waals surface area contributed by atoms with Gasteiger partial charge in [0.15, 0.2) is 0 Å². The standard InChI is InChI=1S/C15H14N2O5/c1-22-13-5-3-8(6-10(13)14(19)20)9-2-4-12(18)11(7-9)17-15(16)21/h2-7,18H,1H3,(H,19,20)(H3,16,17,21). The van der Waals surface area contributed by atoms with Gasteiger partial charge in [-0.2, -0.15) is 0 Å². The lowest BCUT2D eigenvalue weighted by atomic mass is 10.0. The highest BCUT2D eigenvalue weighted by molar-refractivity contribution is 5.94. The van der Waals surface area contributed by atoms with Crippen molar-refractivity contribution in [2.75, 3.05) is 12.4 Å². The number of anilines is 1. The maximum absolute atomic E-state index is 11.2. The van der Waals surface area contributed by atoms with Gasteiger partial charge in [0.2, 0.25) is 0 Å². The van der Waals surface area contributed by atoms with Gasteiger partial charge >= 0.3 is 12.0 Å². The topological polar surface area (TPSA) is 122 Å². The average molecular weight is 302 g/mol. The third kappa shape index (κ3) is 3.09. The van der Waals surface area contributed by atoms with E-state index in [0.29, 0.717) is 11.1 Å². The molecule has 0 aliphatic carbocycles. The number of amides is 2. The number of nitrogens with one attached hydrogen (secondary N) is 1. The Labute approximate surface area is 125 Å². The molecule has 2 aromatic rings. The number of rotatable bonds is 4. The second kappa shape index (κ2) is 6.04. The van der Waals surface area contributed by atoms with Crippen molar-refractivity contribution < 1.29 is 24.5 Å². The SMILES string of the molecule is COc1ccc(-c2ccc(O)c(NC(N)=O)c2)cc1C(=O)O. The molecule has 0 heterocycles. The van der Waals surface area contributed by atoms with Gasteiger partial charge in [0, 0.05) is 0 Å². The summed E-state index contributed by atoms with van der Waals surface area (Å²) in [6, 6.07) is 8.31. The van der Waals surface area contributed by atoms with E-state index in [1.807, 2.05) is 0 Å². The summed E-state index contributed by atoms with van der Waals surface area (Å²) in [5, 5.41) is 21.2. The van der Waals surface area contributed by atoms with Crippen LogP contribution in [0.1, 0.15) is 10.4 Å². The summed E-state index contributed by atoms with van der Waals surface area (Å²) in [4.78, 5) is 22.1. The largest absolute Gasteiger partial charge is 0.506 e. The van der Waals surface area contributed by atoms with Crippen LogP contribution in [0.5, 0.6) is 11.5 Å². The zero-order chi connectivity index (χ0) is 16.3. The van der Waals surface area contributed by atoms with Crippen LogP contribution in [-0.4, -0.2) is 29.3 Å².